The predicted molar refractivity (Wildman–Crippen MR) is 143 cm³/mol. The number of hydrogen-bond donors (Lipinski definition) is 0. The van der Waals surface area contributed by atoms with E-state index in [0.717, 1.165) is 24.1 Å². The first-order chi connectivity index (χ1) is 19.7. The first-order valence-electron chi connectivity index (χ1n) is 14.1. The van der Waals surface area contributed by atoms with Gasteiger partial charge in [0.2, 0.25) is 17.7 Å². The lowest BCUT2D eigenvalue weighted by Crippen LogP contribution is -2.64. The maximum Gasteiger partial charge on any atom is 0.451 e. The highest BCUT2D eigenvalue weighted by atomic mass is 19.4. The summed E-state index contributed by atoms with van der Waals surface area (Å²) in [6, 6.07) is 9.97. The number of halogens is 5. The molecule has 1 saturated carbocycles. The van der Waals surface area contributed by atoms with Crippen molar-refractivity contribution in [1.29, 1.82) is 0 Å². The van der Waals surface area contributed by atoms with Crippen LogP contribution in [0, 0.1) is 25.7 Å². The molecule has 2 amide bonds. The van der Waals surface area contributed by atoms with Crippen LogP contribution in [0.5, 0.6) is 0 Å². The second-order valence-corrected chi connectivity index (χ2v) is 12.2. The highest BCUT2D eigenvalue weighted by molar-refractivity contribution is 5.96. The minimum absolute atomic E-state index is 0.0118. The van der Waals surface area contributed by atoms with Crippen molar-refractivity contribution in [3.8, 4) is 0 Å². The number of aryl methyl sites for hydroxylation is 2. The zero-order chi connectivity index (χ0) is 30.0. The molecule has 3 aliphatic heterocycles. The fraction of sp³-hybridized carbons (Fsp3) is 0.533. The van der Waals surface area contributed by atoms with Crippen molar-refractivity contribution < 1.29 is 31.5 Å². The highest BCUT2D eigenvalue weighted by Gasteiger charge is 2.54. The smallest absolute Gasteiger partial charge is 0.377 e. The van der Waals surface area contributed by atoms with Gasteiger partial charge in [-0.05, 0) is 31.4 Å². The zero-order valence-electron chi connectivity index (χ0n) is 23.4. The maximum absolute atomic E-state index is 13.3. The number of amides is 2. The summed E-state index contributed by atoms with van der Waals surface area (Å²) in [5, 5.41) is 0. The molecule has 4 aliphatic rings. The van der Waals surface area contributed by atoms with Crippen molar-refractivity contribution in [2.75, 3.05) is 39.3 Å². The van der Waals surface area contributed by atoms with Crippen molar-refractivity contribution in [2.24, 2.45) is 11.8 Å². The van der Waals surface area contributed by atoms with Crippen molar-refractivity contribution in [3.05, 3.63) is 70.4 Å². The zero-order valence-corrected chi connectivity index (χ0v) is 23.4. The molecule has 1 unspecified atom stereocenters. The van der Waals surface area contributed by atoms with Gasteiger partial charge in [-0.1, -0.05) is 30.3 Å². The number of likely N-dealkylation sites (tertiary alicyclic amines) is 2. The van der Waals surface area contributed by atoms with Crippen LogP contribution in [0.15, 0.2) is 42.1 Å². The number of carbonyl (C=O) groups excluding carboxylic acids is 2. The number of rotatable bonds is 6. The number of carbonyl (C=O) groups is 2. The van der Waals surface area contributed by atoms with Gasteiger partial charge in [-0.15, -0.1) is 0 Å². The molecule has 2 saturated heterocycles. The highest BCUT2D eigenvalue weighted by Crippen LogP contribution is 2.46. The molecule has 0 spiro atoms. The van der Waals surface area contributed by atoms with Crippen LogP contribution in [0.2, 0.25) is 0 Å². The lowest BCUT2D eigenvalue weighted by atomic mass is 9.69. The van der Waals surface area contributed by atoms with E-state index in [-0.39, 0.29) is 52.9 Å². The Kier molecular flexibility index (Phi) is 6.81. The molecule has 224 valence electrons. The Balaban J connectivity index is 1.09. The third-order valence-electron chi connectivity index (χ3n) is 9.17. The normalized spacial score (nSPS) is 22.9. The minimum Gasteiger partial charge on any atom is -0.377 e. The Hall–Kier alpha value is -3.57. The van der Waals surface area contributed by atoms with Gasteiger partial charge in [-0.2, -0.15) is 13.2 Å². The quantitative estimate of drug-likeness (QED) is 0.461. The molecule has 2 aromatic rings. The van der Waals surface area contributed by atoms with Crippen LogP contribution in [0.1, 0.15) is 52.4 Å². The maximum atomic E-state index is 13.3. The summed E-state index contributed by atoms with van der Waals surface area (Å²) in [4.78, 5) is 38.7. The van der Waals surface area contributed by atoms with Crippen LogP contribution in [-0.2, 0) is 16.4 Å². The predicted octanol–water partition coefficient (Wildman–Crippen LogP) is 4.60. The molecule has 7 nitrogen and oxygen atoms in total. The second kappa shape index (κ2) is 10.0. The van der Waals surface area contributed by atoms with E-state index in [1.54, 1.807) is 9.80 Å². The van der Waals surface area contributed by atoms with Gasteiger partial charge in [0.25, 0.3) is 5.91 Å². The fourth-order valence-electron chi connectivity index (χ4n) is 6.88. The van der Waals surface area contributed by atoms with Crippen LogP contribution < -0.4 is 0 Å². The van der Waals surface area contributed by atoms with Crippen molar-refractivity contribution in [3.63, 3.8) is 0 Å². The first kappa shape index (κ1) is 28.5. The van der Waals surface area contributed by atoms with Gasteiger partial charge in [0.15, 0.2) is 0 Å². The first-order valence-corrected chi connectivity index (χ1v) is 14.1. The second-order valence-electron chi connectivity index (χ2n) is 12.2. The van der Waals surface area contributed by atoms with E-state index < -0.39 is 23.8 Å². The summed E-state index contributed by atoms with van der Waals surface area (Å²) in [6.07, 6.45) is -2.57. The Bertz CT molecular complexity index is 1410. The molecule has 1 aromatic heterocycles. The molecule has 12 heteroatoms. The largest absolute Gasteiger partial charge is 0.451 e. The number of benzene rings is 1. The van der Waals surface area contributed by atoms with E-state index >= 15 is 0 Å². The van der Waals surface area contributed by atoms with Gasteiger partial charge >= 0.3 is 6.18 Å². The Labute approximate surface area is 240 Å². The molecule has 4 heterocycles. The van der Waals surface area contributed by atoms with Crippen LogP contribution in [-0.4, -0.2) is 81.7 Å². The average molecular weight is 590 g/mol. The number of nitrogens with zero attached hydrogens (tertiary/aromatic N) is 5. The van der Waals surface area contributed by atoms with E-state index in [2.05, 4.69) is 33.2 Å². The number of aromatic nitrogens is 2. The number of hydrogen-bond acceptors (Lipinski definition) is 5. The molecule has 0 radical (unpaired) electrons. The molecule has 1 aromatic carbocycles. The summed E-state index contributed by atoms with van der Waals surface area (Å²) < 4.78 is 65.9. The van der Waals surface area contributed by atoms with Crippen molar-refractivity contribution in [2.45, 2.75) is 50.6 Å². The third-order valence-corrected chi connectivity index (χ3v) is 9.17. The van der Waals surface area contributed by atoms with E-state index in [4.69, 9.17) is 0 Å². The Morgan fingerprint density at radius 1 is 0.976 bits per heavy atom. The van der Waals surface area contributed by atoms with Gasteiger partial charge in [0.05, 0.1) is 17.0 Å². The molecule has 1 aliphatic carbocycles. The lowest BCUT2D eigenvalue weighted by molar-refractivity contribution is -0.166. The molecular formula is C30H32F5N5O2. The van der Waals surface area contributed by atoms with Gasteiger partial charge in [0, 0.05) is 75.6 Å². The van der Waals surface area contributed by atoms with Gasteiger partial charge in [-0.3, -0.25) is 9.59 Å². The summed E-state index contributed by atoms with van der Waals surface area (Å²) >= 11 is 0. The number of alkyl halides is 5. The standard InChI is InChI=1S/C30H32F5N5O2/c1-18-24(19(2)37-27(36-18)30(33,34)35)26(42)39-14-21-12-38(13-22(21)15-39)9-8-28(23-6-4-3-5-7-23)16-40(17-28)25(41)20-10-29(31,32)11-20/h3-7,12,20,22H,8-11,13-17H2,1-2H3. The van der Waals surface area contributed by atoms with Crippen LogP contribution >= 0.6 is 0 Å². The molecule has 3 fully saturated rings. The van der Waals surface area contributed by atoms with Gasteiger partial charge < -0.3 is 14.7 Å². The van der Waals surface area contributed by atoms with Gasteiger partial charge in [-0.25, -0.2) is 18.7 Å². The third kappa shape index (κ3) is 5.13. The monoisotopic (exact) mass is 589 g/mol. The summed E-state index contributed by atoms with van der Waals surface area (Å²) in [7, 11) is 0. The molecule has 42 heavy (non-hydrogen) atoms. The molecule has 6 rings (SSSR count). The Morgan fingerprint density at radius 2 is 1.62 bits per heavy atom. The summed E-state index contributed by atoms with van der Waals surface area (Å²) in [5.41, 5.74) is 2.10. The van der Waals surface area contributed by atoms with Crippen LogP contribution in [0.4, 0.5) is 22.0 Å². The van der Waals surface area contributed by atoms with Crippen molar-refractivity contribution in [1.82, 2.24) is 24.7 Å². The van der Waals surface area contributed by atoms with Crippen LogP contribution in [0.3, 0.4) is 0 Å². The summed E-state index contributed by atoms with van der Waals surface area (Å²) in [5.74, 6) is -5.00. The van der Waals surface area contributed by atoms with E-state index in [9.17, 15) is 31.5 Å². The molecular weight excluding hydrogens is 557 g/mol. The van der Waals surface area contributed by atoms with E-state index in [1.807, 2.05) is 18.2 Å². The molecule has 0 N–H and O–H groups in total. The summed E-state index contributed by atoms with van der Waals surface area (Å²) in [6.45, 7) is 6.09. The molecule has 0 bridgehead atoms. The lowest BCUT2D eigenvalue weighted by Gasteiger charge is -2.53. The van der Waals surface area contributed by atoms with E-state index in [1.165, 1.54) is 13.8 Å². The van der Waals surface area contributed by atoms with E-state index in [0.29, 0.717) is 32.7 Å². The molecule has 1 atom stereocenters. The fourth-order valence-corrected chi connectivity index (χ4v) is 6.88. The topological polar surface area (TPSA) is 69.6 Å². The van der Waals surface area contributed by atoms with Crippen LogP contribution in [0.25, 0.3) is 0 Å². The number of fused-ring (bicyclic) bond motifs is 1. The van der Waals surface area contributed by atoms with Crippen molar-refractivity contribution >= 4 is 11.8 Å². The van der Waals surface area contributed by atoms with Gasteiger partial charge in [0.1, 0.15) is 0 Å². The average Bonchev–Trinajstić information content (AvgIpc) is 3.45. The minimum atomic E-state index is -4.68. The SMILES string of the molecule is Cc1nc(C(F)(F)F)nc(C)c1C(=O)N1CC2=CN(CCC3(c4ccccc4)CN(C(=O)C4CC(F)(F)C4)C3)CC2C1. The Morgan fingerprint density at radius 3 is 2.19 bits per heavy atom.